The zero-order valence-corrected chi connectivity index (χ0v) is 19.1. The molecular formula is C27H33NO4. The largest absolute Gasteiger partial charge is 0.482 e. The van der Waals surface area contributed by atoms with Gasteiger partial charge in [-0.2, -0.15) is 0 Å². The number of aliphatic hydroxyl groups excluding tert-OH is 1. The zero-order valence-electron chi connectivity index (χ0n) is 19.1. The Hall–Kier alpha value is -3.05. The molecule has 0 aliphatic carbocycles. The molecule has 0 saturated carbocycles. The molecule has 0 aliphatic heterocycles. The monoisotopic (exact) mass is 435 g/mol. The number of carboxylic acids is 1. The van der Waals surface area contributed by atoms with E-state index in [1.807, 2.05) is 30.3 Å². The minimum atomic E-state index is -1.01. The maximum atomic E-state index is 10.9. The topological polar surface area (TPSA) is 78.8 Å². The van der Waals surface area contributed by atoms with Crippen LogP contribution in [0.25, 0.3) is 10.8 Å². The summed E-state index contributed by atoms with van der Waals surface area (Å²) in [5, 5.41) is 25.1. The highest BCUT2D eigenvalue weighted by Crippen LogP contribution is 2.34. The summed E-state index contributed by atoms with van der Waals surface area (Å²) in [7, 11) is 0. The molecule has 0 radical (unpaired) electrons. The van der Waals surface area contributed by atoms with Crippen LogP contribution in [0, 0.1) is 0 Å². The molecular weight excluding hydrogens is 402 g/mol. The fraction of sp³-hybridized carbons (Fsp3) is 0.370. The summed E-state index contributed by atoms with van der Waals surface area (Å²) in [4.78, 5) is 10.9. The van der Waals surface area contributed by atoms with Gasteiger partial charge >= 0.3 is 5.97 Å². The molecule has 3 aromatic rings. The van der Waals surface area contributed by atoms with Gasteiger partial charge in [0.05, 0.1) is 6.10 Å². The third-order valence-electron chi connectivity index (χ3n) is 5.65. The maximum absolute atomic E-state index is 10.9. The van der Waals surface area contributed by atoms with Crippen molar-refractivity contribution in [3.8, 4) is 5.75 Å². The number of rotatable bonds is 11. The van der Waals surface area contributed by atoms with Gasteiger partial charge in [-0.15, -0.1) is 0 Å². The summed E-state index contributed by atoms with van der Waals surface area (Å²) in [5.41, 5.74) is 3.90. The van der Waals surface area contributed by atoms with Crippen molar-refractivity contribution in [2.45, 2.75) is 58.5 Å². The van der Waals surface area contributed by atoms with E-state index in [2.05, 4.69) is 44.3 Å². The second-order valence-corrected chi connectivity index (χ2v) is 8.51. The first-order valence-electron chi connectivity index (χ1n) is 11.3. The van der Waals surface area contributed by atoms with Crippen molar-refractivity contribution in [1.29, 1.82) is 0 Å². The lowest BCUT2D eigenvalue weighted by Gasteiger charge is -2.18. The highest BCUT2D eigenvalue weighted by molar-refractivity contribution is 5.96. The van der Waals surface area contributed by atoms with Crippen molar-refractivity contribution in [2.24, 2.45) is 0 Å². The van der Waals surface area contributed by atoms with Crippen LogP contribution in [0.3, 0.4) is 0 Å². The fourth-order valence-corrected chi connectivity index (χ4v) is 3.90. The lowest BCUT2D eigenvalue weighted by Crippen LogP contribution is -2.09. The Morgan fingerprint density at radius 1 is 1.03 bits per heavy atom. The Morgan fingerprint density at radius 2 is 1.84 bits per heavy atom. The summed E-state index contributed by atoms with van der Waals surface area (Å²) in [6, 6.07) is 17.8. The van der Waals surface area contributed by atoms with Crippen LogP contribution in [-0.2, 0) is 4.79 Å². The maximum Gasteiger partial charge on any atom is 0.341 e. The number of anilines is 2. The third-order valence-corrected chi connectivity index (χ3v) is 5.65. The van der Waals surface area contributed by atoms with E-state index in [1.54, 1.807) is 6.07 Å². The Balaban J connectivity index is 1.89. The predicted octanol–water partition coefficient (Wildman–Crippen LogP) is 6.78. The summed E-state index contributed by atoms with van der Waals surface area (Å²) >= 11 is 0. The summed E-state index contributed by atoms with van der Waals surface area (Å²) in [5.74, 6) is -0.211. The molecule has 0 amide bonds. The number of hydrogen-bond acceptors (Lipinski definition) is 4. The molecule has 0 heterocycles. The summed E-state index contributed by atoms with van der Waals surface area (Å²) < 4.78 is 5.38. The minimum absolute atomic E-state index is 0.283. The number of fused-ring (bicyclic) bond motifs is 1. The average Bonchev–Trinajstić information content (AvgIpc) is 2.77. The molecule has 1 unspecified atom stereocenters. The first-order chi connectivity index (χ1) is 15.4. The van der Waals surface area contributed by atoms with Crippen molar-refractivity contribution in [1.82, 2.24) is 0 Å². The van der Waals surface area contributed by atoms with Gasteiger partial charge in [0.15, 0.2) is 6.61 Å². The number of carboxylic acid groups (broad SMARTS) is 1. The molecule has 0 bridgehead atoms. The molecule has 5 heteroatoms. The SMILES string of the molecule is CCCCCC(O)c1ccc2c(Nc3cc(OCC(=O)O)ccc3C(C)C)cccc2c1. The van der Waals surface area contributed by atoms with E-state index in [1.165, 1.54) is 0 Å². The van der Waals surface area contributed by atoms with Gasteiger partial charge in [0.1, 0.15) is 5.75 Å². The van der Waals surface area contributed by atoms with Gasteiger partial charge in [-0.3, -0.25) is 0 Å². The molecule has 0 spiro atoms. The molecule has 0 fully saturated rings. The number of unbranched alkanes of at least 4 members (excludes halogenated alkanes) is 2. The smallest absolute Gasteiger partial charge is 0.341 e. The minimum Gasteiger partial charge on any atom is -0.482 e. The van der Waals surface area contributed by atoms with E-state index in [9.17, 15) is 9.90 Å². The number of ether oxygens (including phenoxy) is 1. The highest BCUT2D eigenvalue weighted by Gasteiger charge is 2.13. The number of aliphatic carboxylic acids is 1. The molecule has 170 valence electrons. The van der Waals surface area contributed by atoms with Crippen molar-refractivity contribution < 1.29 is 19.7 Å². The van der Waals surface area contributed by atoms with E-state index >= 15 is 0 Å². The van der Waals surface area contributed by atoms with Crippen molar-refractivity contribution >= 4 is 28.1 Å². The van der Waals surface area contributed by atoms with Crippen LogP contribution in [0.1, 0.15) is 69.6 Å². The van der Waals surface area contributed by atoms with Crippen LogP contribution in [0.2, 0.25) is 0 Å². The first kappa shape index (κ1) is 23.6. The molecule has 3 N–H and O–H groups in total. The fourth-order valence-electron chi connectivity index (χ4n) is 3.90. The van der Waals surface area contributed by atoms with E-state index in [-0.39, 0.29) is 12.5 Å². The Kier molecular flexibility index (Phi) is 8.12. The quantitative estimate of drug-likeness (QED) is 0.289. The van der Waals surface area contributed by atoms with Crippen molar-refractivity contribution in [3.05, 3.63) is 65.7 Å². The van der Waals surface area contributed by atoms with Crippen molar-refractivity contribution in [3.63, 3.8) is 0 Å². The van der Waals surface area contributed by atoms with Gasteiger partial charge in [-0.25, -0.2) is 4.79 Å². The number of hydrogen-bond donors (Lipinski definition) is 3. The molecule has 5 nitrogen and oxygen atoms in total. The van der Waals surface area contributed by atoms with Crippen LogP contribution >= 0.6 is 0 Å². The second-order valence-electron chi connectivity index (χ2n) is 8.51. The molecule has 3 aromatic carbocycles. The average molecular weight is 436 g/mol. The van der Waals surface area contributed by atoms with Gasteiger partial charge in [0, 0.05) is 22.8 Å². The predicted molar refractivity (Wildman–Crippen MR) is 130 cm³/mol. The Morgan fingerprint density at radius 3 is 2.56 bits per heavy atom. The third kappa shape index (κ3) is 6.01. The van der Waals surface area contributed by atoms with Gasteiger partial charge < -0.3 is 20.3 Å². The summed E-state index contributed by atoms with van der Waals surface area (Å²) in [6.07, 6.45) is 3.62. The second kappa shape index (κ2) is 11.0. The van der Waals surface area contributed by atoms with Gasteiger partial charge in [0.25, 0.3) is 0 Å². The molecule has 0 aromatic heterocycles. The van der Waals surface area contributed by atoms with E-state index < -0.39 is 12.1 Å². The van der Waals surface area contributed by atoms with Crippen LogP contribution in [0.4, 0.5) is 11.4 Å². The van der Waals surface area contributed by atoms with Crippen molar-refractivity contribution in [2.75, 3.05) is 11.9 Å². The lowest BCUT2D eigenvalue weighted by molar-refractivity contribution is -0.139. The van der Waals surface area contributed by atoms with E-state index in [0.717, 1.165) is 59.0 Å². The number of aliphatic hydroxyl groups is 1. The molecule has 32 heavy (non-hydrogen) atoms. The van der Waals surface area contributed by atoms with Gasteiger partial charge in [-0.05, 0) is 47.1 Å². The lowest BCUT2D eigenvalue weighted by atomic mass is 9.98. The van der Waals surface area contributed by atoms with Gasteiger partial charge in [-0.1, -0.05) is 70.4 Å². The first-order valence-corrected chi connectivity index (χ1v) is 11.3. The number of benzene rings is 3. The normalized spacial score (nSPS) is 12.2. The Labute approximate surface area is 190 Å². The molecule has 3 rings (SSSR count). The van der Waals surface area contributed by atoms with Crippen LogP contribution in [0.5, 0.6) is 5.75 Å². The standard InChI is InChI=1S/C27H33NO4/c1-4-5-6-10-26(29)20-11-13-23-19(15-20)8-7-9-24(23)28-25-16-21(32-17-27(30)31)12-14-22(25)18(2)3/h7-9,11-16,18,26,28-29H,4-6,10,17H2,1-3H3,(H,30,31). The summed E-state index contributed by atoms with van der Waals surface area (Å²) in [6.45, 7) is 6.02. The van der Waals surface area contributed by atoms with Crippen LogP contribution in [-0.4, -0.2) is 22.8 Å². The van der Waals surface area contributed by atoms with Gasteiger partial charge in [0.2, 0.25) is 0 Å². The number of carbonyl (C=O) groups is 1. The molecule has 1 atom stereocenters. The molecule has 0 saturated heterocycles. The van der Waals surface area contributed by atoms with E-state index in [0.29, 0.717) is 5.75 Å². The molecule has 0 aliphatic rings. The highest BCUT2D eigenvalue weighted by atomic mass is 16.5. The zero-order chi connectivity index (χ0) is 23.1. The number of nitrogens with one attached hydrogen (secondary N) is 1. The van der Waals surface area contributed by atoms with E-state index in [4.69, 9.17) is 9.84 Å². The van der Waals surface area contributed by atoms with Crippen LogP contribution in [0.15, 0.2) is 54.6 Å². The Bertz CT molecular complexity index is 1060. The van der Waals surface area contributed by atoms with Crippen LogP contribution < -0.4 is 10.1 Å².